The average Bonchev–Trinajstić information content (AvgIpc) is 2.40. The quantitative estimate of drug-likeness (QED) is 0.826. The largest absolute Gasteiger partial charge is 0.342 e. The molecule has 1 aromatic heterocycles. The SMILES string of the molecule is CC(=O)N(C)Cc1cccc(-c2ccncc2)c1. The van der Waals surface area contributed by atoms with Gasteiger partial charge in [-0.2, -0.15) is 0 Å². The Kier molecular flexibility index (Phi) is 3.72. The van der Waals surface area contributed by atoms with Crippen molar-refractivity contribution in [2.45, 2.75) is 13.5 Å². The van der Waals surface area contributed by atoms with Gasteiger partial charge in [0.05, 0.1) is 0 Å². The fraction of sp³-hybridized carbons (Fsp3) is 0.200. The van der Waals surface area contributed by atoms with Gasteiger partial charge in [0.1, 0.15) is 0 Å². The predicted molar refractivity (Wildman–Crippen MR) is 71.8 cm³/mol. The van der Waals surface area contributed by atoms with Crippen molar-refractivity contribution in [3.05, 3.63) is 54.4 Å². The van der Waals surface area contributed by atoms with Gasteiger partial charge in [0.2, 0.25) is 5.91 Å². The molecular weight excluding hydrogens is 224 g/mol. The fourth-order valence-electron chi connectivity index (χ4n) is 1.78. The van der Waals surface area contributed by atoms with E-state index < -0.39 is 0 Å². The maximum atomic E-state index is 11.2. The van der Waals surface area contributed by atoms with Gasteiger partial charge in [-0.3, -0.25) is 9.78 Å². The molecule has 0 N–H and O–H groups in total. The Bertz CT molecular complexity index is 537. The minimum atomic E-state index is 0.0734. The Labute approximate surface area is 107 Å². The number of amides is 1. The van der Waals surface area contributed by atoms with Gasteiger partial charge in [-0.05, 0) is 34.9 Å². The molecule has 92 valence electrons. The number of hydrogen-bond donors (Lipinski definition) is 0. The number of pyridine rings is 1. The normalized spacial score (nSPS) is 10.1. The maximum absolute atomic E-state index is 11.2. The standard InChI is InChI=1S/C15H16N2O/c1-12(18)17(2)11-13-4-3-5-15(10-13)14-6-8-16-9-7-14/h3-10H,11H2,1-2H3. The number of aromatic nitrogens is 1. The first kappa shape index (κ1) is 12.3. The molecule has 0 aliphatic heterocycles. The van der Waals surface area contributed by atoms with Crippen LogP contribution >= 0.6 is 0 Å². The number of carbonyl (C=O) groups excluding carboxylic acids is 1. The van der Waals surface area contributed by atoms with E-state index in [0.717, 1.165) is 16.7 Å². The number of hydrogen-bond acceptors (Lipinski definition) is 2. The van der Waals surface area contributed by atoms with Crippen molar-refractivity contribution in [2.24, 2.45) is 0 Å². The number of nitrogens with zero attached hydrogens (tertiary/aromatic N) is 2. The van der Waals surface area contributed by atoms with Gasteiger partial charge >= 0.3 is 0 Å². The van der Waals surface area contributed by atoms with E-state index in [1.165, 1.54) is 0 Å². The van der Waals surface area contributed by atoms with Crippen molar-refractivity contribution >= 4 is 5.91 Å². The summed E-state index contributed by atoms with van der Waals surface area (Å²) >= 11 is 0. The van der Waals surface area contributed by atoms with Crippen LogP contribution < -0.4 is 0 Å². The fourth-order valence-corrected chi connectivity index (χ4v) is 1.78. The van der Waals surface area contributed by atoms with Gasteiger partial charge in [-0.25, -0.2) is 0 Å². The highest BCUT2D eigenvalue weighted by atomic mass is 16.2. The van der Waals surface area contributed by atoms with Gasteiger partial charge in [0.15, 0.2) is 0 Å². The second kappa shape index (κ2) is 5.45. The second-order valence-electron chi connectivity index (χ2n) is 4.31. The summed E-state index contributed by atoms with van der Waals surface area (Å²) in [7, 11) is 1.81. The number of rotatable bonds is 3. The molecule has 0 saturated heterocycles. The highest BCUT2D eigenvalue weighted by Gasteiger charge is 2.04. The van der Waals surface area contributed by atoms with E-state index in [0.29, 0.717) is 6.54 Å². The molecule has 3 heteroatoms. The summed E-state index contributed by atoms with van der Waals surface area (Å²) in [6.45, 7) is 2.21. The summed E-state index contributed by atoms with van der Waals surface area (Å²) in [4.78, 5) is 16.9. The molecule has 2 aromatic rings. The lowest BCUT2D eigenvalue weighted by atomic mass is 10.0. The number of carbonyl (C=O) groups is 1. The average molecular weight is 240 g/mol. The summed E-state index contributed by atoms with van der Waals surface area (Å²) in [6.07, 6.45) is 3.56. The molecule has 1 aromatic carbocycles. The van der Waals surface area contributed by atoms with Crippen LogP contribution in [-0.2, 0) is 11.3 Å². The van der Waals surface area contributed by atoms with Crippen LogP contribution in [-0.4, -0.2) is 22.8 Å². The first-order valence-electron chi connectivity index (χ1n) is 5.88. The van der Waals surface area contributed by atoms with E-state index >= 15 is 0 Å². The summed E-state index contributed by atoms with van der Waals surface area (Å²) in [5.74, 6) is 0.0734. The third kappa shape index (κ3) is 2.94. The Morgan fingerprint density at radius 2 is 1.89 bits per heavy atom. The molecule has 0 aliphatic rings. The van der Waals surface area contributed by atoms with Crippen LogP contribution in [0.15, 0.2) is 48.8 Å². The van der Waals surface area contributed by atoms with Crippen LogP contribution in [0.4, 0.5) is 0 Å². The third-order valence-corrected chi connectivity index (χ3v) is 2.90. The molecule has 0 saturated carbocycles. The van der Waals surface area contributed by atoms with Crippen molar-refractivity contribution < 1.29 is 4.79 Å². The molecule has 0 bridgehead atoms. The van der Waals surface area contributed by atoms with Gasteiger partial charge in [0, 0.05) is 32.9 Å². The second-order valence-corrected chi connectivity index (χ2v) is 4.31. The van der Waals surface area contributed by atoms with E-state index in [4.69, 9.17) is 0 Å². The van der Waals surface area contributed by atoms with E-state index in [9.17, 15) is 4.79 Å². The molecule has 3 nitrogen and oxygen atoms in total. The van der Waals surface area contributed by atoms with Crippen molar-refractivity contribution in [3.8, 4) is 11.1 Å². The minimum Gasteiger partial charge on any atom is -0.342 e. The topological polar surface area (TPSA) is 33.2 Å². The molecule has 0 spiro atoms. The Morgan fingerprint density at radius 1 is 1.17 bits per heavy atom. The Hall–Kier alpha value is -2.16. The Morgan fingerprint density at radius 3 is 2.56 bits per heavy atom. The summed E-state index contributed by atoms with van der Waals surface area (Å²) < 4.78 is 0. The predicted octanol–water partition coefficient (Wildman–Crippen LogP) is 2.73. The molecule has 2 rings (SSSR count). The zero-order valence-electron chi connectivity index (χ0n) is 10.6. The molecule has 18 heavy (non-hydrogen) atoms. The highest BCUT2D eigenvalue weighted by Crippen LogP contribution is 2.19. The summed E-state index contributed by atoms with van der Waals surface area (Å²) in [5, 5.41) is 0. The van der Waals surface area contributed by atoms with Crippen LogP contribution in [0.3, 0.4) is 0 Å². The monoisotopic (exact) mass is 240 g/mol. The minimum absolute atomic E-state index is 0.0734. The van der Waals surface area contributed by atoms with E-state index in [-0.39, 0.29) is 5.91 Å². The van der Waals surface area contributed by atoms with Gasteiger partial charge < -0.3 is 4.90 Å². The molecule has 0 atom stereocenters. The van der Waals surface area contributed by atoms with E-state index in [1.807, 2.05) is 24.3 Å². The van der Waals surface area contributed by atoms with Crippen LogP contribution in [0, 0.1) is 0 Å². The summed E-state index contributed by atoms with van der Waals surface area (Å²) in [6, 6.07) is 12.2. The van der Waals surface area contributed by atoms with Crippen LogP contribution in [0.25, 0.3) is 11.1 Å². The molecule has 0 aliphatic carbocycles. The molecule has 1 amide bonds. The zero-order valence-corrected chi connectivity index (χ0v) is 10.6. The smallest absolute Gasteiger partial charge is 0.219 e. The van der Waals surface area contributed by atoms with Gasteiger partial charge in [0.25, 0.3) is 0 Å². The first-order chi connectivity index (χ1) is 8.66. The lowest BCUT2D eigenvalue weighted by Gasteiger charge is -2.15. The van der Waals surface area contributed by atoms with Crippen LogP contribution in [0.2, 0.25) is 0 Å². The first-order valence-corrected chi connectivity index (χ1v) is 5.88. The van der Waals surface area contributed by atoms with Gasteiger partial charge in [-0.15, -0.1) is 0 Å². The third-order valence-electron chi connectivity index (χ3n) is 2.90. The van der Waals surface area contributed by atoms with Crippen LogP contribution in [0.1, 0.15) is 12.5 Å². The number of benzene rings is 1. The molecule has 0 unspecified atom stereocenters. The highest BCUT2D eigenvalue weighted by molar-refractivity contribution is 5.73. The van der Waals surface area contributed by atoms with Crippen molar-refractivity contribution in [2.75, 3.05) is 7.05 Å². The van der Waals surface area contributed by atoms with Gasteiger partial charge in [-0.1, -0.05) is 18.2 Å². The van der Waals surface area contributed by atoms with Crippen LogP contribution in [0.5, 0.6) is 0 Å². The van der Waals surface area contributed by atoms with E-state index in [1.54, 1.807) is 31.3 Å². The maximum Gasteiger partial charge on any atom is 0.219 e. The lowest BCUT2D eigenvalue weighted by Crippen LogP contribution is -2.22. The van der Waals surface area contributed by atoms with Crippen molar-refractivity contribution in [1.82, 2.24) is 9.88 Å². The molecular formula is C15H16N2O. The Balaban J connectivity index is 2.23. The van der Waals surface area contributed by atoms with Crippen molar-refractivity contribution in [3.63, 3.8) is 0 Å². The van der Waals surface area contributed by atoms with E-state index in [2.05, 4.69) is 17.1 Å². The molecule has 0 fully saturated rings. The zero-order chi connectivity index (χ0) is 13.0. The molecule has 1 heterocycles. The lowest BCUT2D eigenvalue weighted by molar-refractivity contribution is -0.128. The molecule has 0 radical (unpaired) electrons. The summed E-state index contributed by atoms with van der Waals surface area (Å²) in [5.41, 5.74) is 3.41. The van der Waals surface area contributed by atoms with Crippen molar-refractivity contribution in [1.29, 1.82) is 0 Å².